The van der Waals surface area contributed by atoms with E-state index >= 15 is 0 Å². The lowest BCUT2D eigenvalue weighted by Crippen LogP contribution is -2.20. The van der Waals surface area contributed by atoms with Crippen LogP contribution in [0.1, 0.15) is 0 Å². The van der Waals surface area contributed by atoms with Crippen LogP contribution in [-0.4, -0.2) is 25.9 Å². The molecule has 0 atom stereocenters. The van der Waals surface area contributed by atoms with E-state index in [-0.39, 0.29) is 11.3 Å². The number of nitrogens with zero attached hydrogens (tertiary/aromatic N) is 4. The third-order valence-corrected chi connectivity index (χ3v) is 3.97. The SMILES string of the molecule is O=c1c2nccnc2c(-c2ccncc2)cn1-c1ccc(OC(F)(F)F)cc1. The Morgan fingerprint density at radius 2 is 1.50 bits per heavy atom. The van der Waals surface area contributed by atoms with Gasteiger partial charge in [0.2, 0.25) is 0 Å². The molecule has 9 heteroatoms. The third-order valence-electron chi connectivity index (χ3n) is 3.97. The lowest BCUT2D eigenvalue weighted by molar-refractivity contribution is -0.274. The quantitative estimate of drug-likeness (QED) is 0.538. The number of rotatable bonds is 3. The second-order valence-electron chi connectivity index (χ2n) is 5.75. The fraction of sp³-hybridized carbons (Fsp3) is 0.0526. The van der Waals surface area contributed by atoms with Crippen LogP contribution in [0.15, 0.2) is 72.2 Å². The van der Waals surface area contributed by atoms with Gasteiger partial charge in [-0.25, -0.2) is 4.98 Å². The van der Waals surface area contributed by atoms with Crippen molar-refractivity contribution in [2.24, 2.45) is 0 Å². The van der Waals surface area contributed by atoms with Gasteiger partial charge in [0.05, 0.1) is 0 Å². The Kier molecular flexibility index (Phi) is 4.26. The van der Waals surface area contributed by atoms with E-state index < -0.39 is 11.9 Å². The Morgan fingerprint density at radius 3 is 2.14 bits per heavy atom. The Morgan fingerprint density at radius 1 is 0.857 bits per heavy atom. The van der Waals surface area contributed by atoms with Crippen LogP contribution in [0.2, 0.25) is 0 Å². The number of hydrogen-bond donors (Lipinski definition) is 0. The van der Waals surface area contributed by atoms with Crippen molar-refractivity contribution in [1.82, 2.24) is 19.5 Å². The number of alkyl halides is 3. The van der Waals surface area contributed by atoms with Crippen molar-refractivity contribution >= 4 is 11.0 Å². The molecule has 3 heterocycles. The van der Waals surface area contributed by atoms with Gasteiger partial charge in [0.25, 0.3) is 5.56 Å². The molecule has 0 aliphatic rings. The van der Waals surface area contributed by atoms with Gasteiger partial charge in [0.1, 0.15) is 11.3 Å². The zero-order valence-corrected chi connectivity index (χ0v) is 14.1. The van der Waals surface area contributed by atoms with Gasteiger partial charge < -0.3 is 4.74 Å². The standard InChI is InChI=1S/C19H11F3N4O2/c20-19(21,22)28-14-3-1-13(2-4-14)26-11-15(12-5-7-23-8-6-12)16-17(18(26)27)25-10-9-24-16/h1-11H. The lowest BCUT2D eigenvalue weighted by atomic mass is 10.1. The van der Waals surface area contributed by atoms with E-state index in [0.717, 1.165) is 17.7 Å². The molecule has 0 saturated heterocycles. The summed E-state index contributed by atoms with van der Waals surface area (Å²) >= 11 is 0. The van der Waals surface area contributed by atoms with Gasteiger partial charge in [-0.1, -0.05) is 0 Å². The van der Waals surface area contributed by atoms with Gasteiger partial charge in [0, 0.05) is 42.2 Å². The predicted molar refractivity (Wildman–Crippen MR) is 95.0 cm³/mol. The molecule has 0 spiro atoms. The van der Waals surface area contributed by atoms with Gasteiger partial charge in [-0.15, -0.1) is 13.2 Å². The smallest absolute Gasteiger partial charge is 0.406 e. The summed E-state index contributed by atoms with van der Waals surface area (Å²) in [5, 5.41) is 0. The zero-order valence-electron chi connectivity index (χ0n) is 14.1. The van der Waals surface area contributed by atoms with Crippen molar-refractivity contribution < 1.29 is 17.9 Å². The van der Waals surface area contributed by atoms with Crippen LogP contribution < -0.4 is 10.3 Å². The number of hydrogen-bond acceptors (Lipinski definition) is 5. The Hall–Kier alpha value is -3.75. The largest absolute Gasteiger partial charge is 0.573 e. The summed E-state index contributed by atoms with van der Waals surface area (Å²) in [6.45, 7) is 0. The number of aromatic nitrogens is 4. The van der Waals surface area contributed by atoms with Gasteiger partial charge in [-0.05, 0) is 42.0 Å². The maximum atomic E-state index is 12.9. The fourth-order valence-electron chi connectivity index (χ4n) is 2.80. The number of pyridine rings is 2. The highest BCUT2D eigenvalue weighted by atomic mass is 19.4. The highest BCUT2D eigenvalue weighted by molar-refractivity contribution is 5.90. The molecule has 0 N–H and O–H groups in total. The zero-order chi connectivity index (χ0) is 19.7. The molecule has 28 heavy (non-hydrogen) atoms. The van der Waals surface area contributed by atoms with Crippen molar-refractivity contribution in [3.8, 4) is 22.6 Å². The second-order valence-corrected chi connectivity index (χ2v) is 5.75. The van der Waals surface area contributed by atoms with Crippen LogP contribution in [0.5, 0.6) is 5.75 Å². The summed E-state index contributed by atoms with van der Waals surface area (Å²) in [6.07, 6.45) is 2.90. The molecule has 0 radical (unpaired) electrons. The van der Waals surface area contributed by atoms with E-state index in [1.807, 2.05) is 0 Å². The predicted octanol–water partition coefficient (Wildman–Crippen LogP) is 3.74. The van der Waals surface area contributed by atoms with Gasteiger partial charge in [-0.3, -0.25) is 19.3 Å². The molecule has 4 rings (SSSR count). The first kappa shape index (κ1) is 17.7. The fourth-order valence-corrected chi connectivity index (χ4v) is 2.80. The highest BCUT2D eigenvalue weighted by Gasteiger charge is 2.31. The van der Waals surface area contributed by atoms with Crippen molar-refractivity contribution in [1.29, 1.82) is 0 Å². The van der Waals surface area contributed by atoms with Crippen molar-refractivity contribution in [2.75, 3.05) is 0 Å². The molecule has 0 bridgehead atoms. The first-order chi connectivity index (χ1) is 13.4. The lowest BCUT2D eigenvalue weighted by Gasteiger charge is -2.13. The topological polar surface area (TPSA) is 69.9 Å². The molecular weight excluding hydrogens is 373 g/mol. The van der Waals surface area contributed by atoms with E-state index in [2.05, 4.69) is 19.7 Å². The Bertz CT molecular complexity index is 1190. The average molecular weight is 384 g/mol. The first-order valence-corrected chi connectivity index (χ1v) is 8.05. The van der Waals surface area contributed by atoms with E-state index in [1.165, 1.54) is 29.1 Å². The van der Waals surface area contributed by atoms with E-state index in [9.17, 15) is 18.0 Å². The molecule has 140 valence electrons. The summed E-state index contributed by atoms with van der Waals surface area (Å²) in [5.41, 5.74) is 1.90. The minimum Gasteiger partial charge on any atom is -0.406 e. The van der Waals surface area contributed by atoms with Crippen LogP contribution in [0.4, 0.5) is 13.2 Å². The molecule has 0 fully saturated rings. The van der Waals surface area contributed by atoms with Crippen LogP contribution in [-0.2, 0) is 0 Å². The van der Waals surface area contributed by atoms with Gasteiger partial charge >= 0.3 is 6.36 Å². The number of ether oxygens (including phenoxy) is 1. The van der Waals surface area contributed by atoms with E-state index in [0.29, 0.717) is 16.8 Å². The summed E-state index contributed by atoms with van der Waals surface area (Å²) in [5.74, 6) is -0.376. The Balaban J connectivity index is 1.88. The molecule has 6 nitrogen and oxygen atoms in total. The maximum Gasteiger partial charge on any atom is 0.573 e. The first-order valence-electron chi connectivity index (χ1n) is 8.05. The average Bonchev–Trinajstić information content (AvgIpc) is 2.69. The van der Waals surface area contributed by atoms with E-state index in [4.69, 9.17) is 0 Å². The van der Waals surface area contributed by atoms with Crippen molar-refractivity contribution in [3.63, 3.8) is 0 Å². The minimum atomic E-state index is -4.79. The van der Waals surface area contributed by atoms with Crippen LogP contribution >= 0.6 is 0 Å². The van der Waals surface area contributed by atoms with Gasteiger partial charge in [0.15, 0.2) is 5.52 Å². The molecule has 1 aromatic carbocycles. The summed E-state index contributed by atoms with van der Waals surface area (Å²) in [7, 11) is 0. The van der Waals surface area contributed by atoms with Crippen LogP contribution in [0, 0.1) is 0 Å². The molecule has 0 aliphatic heterocycles. The maximum absolute atomic E-state index is 12.9. The second kappa shape index (κ2) is 6.76. The molecule has 4 aromatic rings. The summed E-state index contributed by atoms with van der Waals surface area (Å²) in [6, 6.07) is 8.53. The molecular formula is C19H11F3N4O2. The number of halogens is 3. The van der Waals surface area contributed by atoms with Gasteiger partial charge in [-0.2, -0.15) is 0 Å². The minimum absolute atomic E-state index is 0.146. The summed E-state index contributed by atoms with van der Waals surface area (Å²) in [4.78, 5) is 25.2. The van der Waals surface area contributed by atoms with Crippen molar-refractivity contribution in [2.45, 2.75) is 6.36 Å². The molecule has 0 unspecified atom stereocenters. The normalized spacial score (nSPS) is 11.5. The molecule has 0 aliphatic carbocycles. The van der Waals surface area contributed by atoms with E-state index in [1.54, 1.807) is 30.7 Å². The molecule has 0 amide bonds. The highest BCUT2D eigenvalue weighted by Crippen LogP contribution is 2.26. The van der Waals surface area contributed by atoms with Crippen molar-refractivity contribution in [3.05, 3.63) is 77.7 Å². The number of benzene rings is 1. The molecule has 0 saturated carbocycles. The molecule has 3 aromatic heterocycles. The Labute approximate surface area is 155 Å². The summed E-state index contributed by atoms with van der Waals surface area (Å²) < 4.78 is 42.2. The monoisotopic (exact) mass is 384 g/mol. The van der Waals surface area contributed by atoms with Crippen LogP contribution in [0.25, 0.3) is 27.8 Å². The van der Waals surface area contributed by atoms with Crippen LogP contribution in [0.3, 0.4) is 0 Å². The number of fused-ring (bicyclic) bond motifs is 1. The third kappa shape index (κ3) is 3.41.